The lowest BCUT2D eigenvalue weighted by atomic mass is 10.1. The molecule has 1 aliphatic heterocycles. The number of aromatic nitrogens is 1. The summed E-state index contributed by atoms with van der Waals surface area (Å²) in [6.45, 7) is 1.02. The number of hydrogen-bond donors (Lipinski definition) is 1. The molecule has 1 fully saturated rings. The molecule has 1 N–H and O–H groups in total. The Kier molecular flexibility index (Phi) is 5.84. The summed E-state index contributed by atoms with van der Waals surface area (Å²) >= 11 is 0. The van der Waals surface area contributed by atoms with Gasteiger partial charge in [-0.2, -0.15) is 4.31 Å². The number of carbonyl (C=O) groups is 1. The van der Waals surface area contributed by atoms with Crippen LogP contribution in [0.4, 0.5) is 8.78 Å². The second-order valence-electron chi connectivity index (χ2n) is 7.12. The van der Waals surface area contributed by atoms with Crippen molar-refractivity contribution < 1.29 is 26.5 Å². The van der Waals surface area contributed by atoms with Gasteiger partial charge in [0.2, 0.25) is 10.0 Å². The van der Waals surface area contributed by atoms with E-state index in [0.29, 0.717) is 18.8 Å². The quantitative estimate of drug-likeness (QED) is 0.626. The zero-order valence-corrected chi connectivity index (χ0v) is 17.2. The minimum Gasteiger partial charge on any atom is -0.356 e. The highest BCUT2D eigenvalue weighted by molar-refractivity contribution is 7.89. The van der Waals surface area contributed by atoms with E-state index >= 15 is 0 Å². The fourth-order valence-corrected chi connectivity index (χ4v) is 4.86. The molecule has 0 bridgehead atoms. The third-order valence-corrected chi connectivity index (χ3v) is 6.92. The highest BCUT2D eigenvalue weighted by Crippen LogP contribution is 2.24. The summed E-state index contributed by atoms with van der Waals surface area (Å²) in [6.07, 6.45) is 1.69. The smallest absolute Gasteiger partial charge is 0.251 e. The molecule has 0 radical (unpaired) electrons. The molecule has 1 aliphatic rings. The van der Waals surface area contributed by atoms with E-state index in [0.717, 1.165) is 25.0 Å². The van der Waals surface area contributed by atoms with E-state index in [-0.39, 0.29) is 28.3 Å². The molecule has 1 aromatic heterocycles. The maximum absolute atomic E-state index is 13.9. The van der Waals surface area contributed by atoms with E-state index in [1.807, 2.05) is 0 Å². The minimum absolute atomic E-state index is 0.0129. The normalized spacial score (nSPS) is 14.6. The summed E-state index contributed by atoms with van der Waals surface area (Å²) in [5, 5.41) is 6.42. The van der Waals surface area contributed by atoms with Crippen molar-refractivity contribution in [2.75, 3.05) is 13.1 Å². The number of benzene rings is 2. The molecule has 2 aromatic carbocycles. The SMILES string of the molecule is O=C(NCc1cc(-c2ccc(F)cc2F)on1)c1ccc(S(=O)(=O)N2CCCC2)cc1. The fraction of sp³-hybridized carbons (Fsp3) is 0.238. The molecule has 10 heteroatoms. The van der Waals surface area contributed by atoms with E-state index in [1.54, 1.807) is 0 Å². The number of rotatable bonds is 6. The van der Waals surface area contributed by atoms with E-state index in [1.165, 1.54) is 40.7 Å². The topological polar surface area (TPSA) is 92.5 Å². The lowest BCUT2D eigenvalue weighted by molar-refractivity contribution is 0.0950. The van der Waals surface area contributed by atoms with Crippen LogP contribution < -0.4 is 5.32 Å². The van der Waals surface area contributed by atoms with Crippen LogP contribution >= 0.6 is 0 Å². The summed E-state index contributed by atoms with van der Waals surface area (Å²) in [5.41, 5.74) is 0.690. The van der Waals surface area contributed by atoms with Gasteiger partial charge in [-0.05, 0) is 49.2 Å². The van der Waals surface area contributed by atoms with Gasteiger partial charge >= 0.3 is 0 Å². The third kappa shape index (κ3) is 4.49. The van der Waals surface area contributed by atoms with Gasteiger partial charge in [-0.25, -0.2) is 17.2 Å². The van der Waals surface area contributed by atoms with Crippen LogP contribution in [0.5, 0.6) is 0 Å². The maximum atomic E-state index is 13.9. The number of nitrogens with zero attached hydrogens (tertiary/aromatic N) is 2. The lowest BCUT2D eigenvalue weighted by Crippen LogP contribution is -2.28. The van der Waals surface area contributed by atoms with Crippen LogP contribution in [0, 0.1) is 11.6 Å². The molecule has 4 rings (SSSR count). The van der Waals surface area contributed by atoms with Gasteiger partial charge in [-0.15, -0.1) is 0 Å². The third-order valence-electron chi connectivity index (χ3n) is 5.00. The van der Waals surface area contributed by atoms with Gasteiger partial charge < -0.3 is 9.84 Å². The Morgan fingerprint density at radius 3 is 2.45 bits per heavy atom. The Morgan fingerprint density at radius 1 is 1.06 bits per heavy atom. The van der Waals surface area contributed by atoms with Gasteiger partial charge in [0.05, 0.1) is 17.0 Å². The van der Waals surface area contributed by atoms with Crippen molar-refractivity contribution in [3.05, 3.63) is 71.4 Å². The molecule has 0 saturated carbocycles. The van der Waals surface area contributed by atoms with Crippen LogP contribution in [-0.4, -0.2) is 36.9 Å². The monoisotopic (exact) mass is 447 g/mol. The molecule has 0 unspecified atom stereocenters. The first-order valence-corrected chi connectivity index (χ1v) is 11.1. The van der Waals surface area contributed by atoms with E-state index in [2.05, 4.69) is 10.5 Å². The molecule has 1 saturated heterocycles. The highest BCUT2D eigenvalue weighted by Gasteiger charge is 2.27. The molecular weight excluding hydrogens is 428 g/mol. The zero-order chi connectivity index (χ0) is 22.0. The van der Waals surface area contributed by atoms with Gasteiger partial charge in [0.1, 0.15) is 17.3 Å². The molecule has 0 spiro atoms. The average molecular weight is 447 g/mol. The molecule has 2 heterocycles. The fourth-order valence-electron chi connectivity index (χ4n) is 3.34. The van der Waals surface area contributed by atoms with Crippen molar-refractivity contribution in [2.45, 2.75) is 24.3 Å². The predicted molar refractivity (Wildman–Crippen MR) is 107 cm³/mol. The van der Waals surface area contributed by atoms with Crippen LogP contribution in [0.25, 0.3) is 11.3 Å². The summed E-state index contributed by atoms with van der Waals surface area (Å²) < 4.78 is 58.5. The van der Waals surface area contributed by atoms with Gasteiger partial charge in [-0.1, -0.05) is 5.16 Å². The van der Waals surface area contributed by atoms with Gasteiger partial charge in [0.25, 0.3) is 5.91 Å². The molecule has 0 aliphatic carbocycles. The molecule has 0 atom stereocenters. The second kappa shape index (κ2) is 8.56. The Labute approximate surface area is 177 Å². The number of amides is 1. The van der Waals surface area contributed by atoms with Gasteiger partial charge in [-0.3, -0.25) is 4.79 Å². The van der Waals surface area contributed by atoms with Crippen molar-refractivity contribution >= 4 is 15.9 Å². The van der Waals surface area contributed by atoms with Gasteiger partial charge in [0.15, 0.2) is 5.76 Å². The first kappa shape index (κ1) is 21.1. The number of carbonyl (C=O) groups excluding carboxylic acids is 1. The summed E-state index contributed by atoms with van der Waals surface area (Å²) in [4.78, 5) is 12.5. The Hall–Kier alpha value is -3.11. The van der Waals surface area contributed by atoms with Crippen molar-refractivity contribution in [3.63, 3.8) is 0 Å². The van der Waals surface area contributed by atoms with Crippen LogP contribution in [-0.2, 0) is 16.6 Å². The van der Waals surface area contributed by atoms with Crippen LogP contribution in [0.1, 0.15) is 28.9 Å². The van der Waals surface area contributed by atoms with E-state index in [4.69, 9.17) is 4.52 Å². The zero-order valence-electron chi connectivity index (χ0n) is 16.3. The maximum Gasteiger partial charge on any atom is 0.251 e. The standard InChI is InChI=1S/C21H19F2N3O4S/c22-15-5-8-18(19(23)11-15)20-12-16(25-30-20)13-24-21(27)14-3-6-17(7-4-14)31(28,29)26-9-1-2-10-26/h3-8,11-12H,1-2,9-10,13H2,(H,24,27). The first-order chi connectivity index (χ1) is 14.8. The summed E-state index contributed by atoms with van der Waals surface area (Å²) in [5.74, 6) is -1.80. The second-order valence-corrected chi connectivity index (χ2v) is 9.06. The number of halogens is 2. The molecule has 1 amide bonds. The summed E-state index contributed by atoms with van der Waals surface area (Å²) in [6, 6.07) is 10.2. The molecule has 7 nitrogen and oxygen atoms in total. The van der Waals surface area contributed by atoms with Crippen molar-refractivity contribution in [2.24, 2.45) is 0 Å². The largest absolute Gasteiger partial charge is 0.356 e. The van der Waals surface area contributed by atoms with Crippen molar-refractivity contribution in [3.8, 4) is 11.3 Å². The highest BCUT2D eigenvalue weighted by atomic mass is 32.2. The van der Waals surface area contributed by atoms with Crippen molar-refractivity contribution in [1.82, 2.24) is 14.8 Å². The van der Waals surface area contributed by atoms with Crippen molar-refractivity contribution in [1.29, 1.82) is 0 Å². The van der Waals surface area contributed by atoms with E-state index < -0.39 is 27.6 Å². The van der Waals surface area contributed by atoms with Gasteiger partial charge in [0, 0.05) is 30.8 Å². The Bertz CT molecular complexity index is 1200. The van der Waals surface area contributed by atoms with E-state index in [9.17, 15) is 22.0 Å². The first-order valence-electron chi connectivity index (χ1n) is 9.64. The van der Waals surface area contributed by atoms with Crippen LogP contribution in [0.3, 0.4) is 0 Å². The number of sulfonamides is 1. The molecule has 31 heavy (non-hydrogen) atoms. The Morgan fingerprint density at radius 2 is 1.77 bits per heavy atom. The van der Waals surface area contributed by atoms with Crippen LogP contribution in [0.2, 0.25) is 0 Å². The molecule has 3 aromatic rings. The average Bonchev–Trinajstić information content (AvgIpc) is 3.45. The number of nitrogens with one attached hydrogen (secondary N) is 1. The predicted octanol–water partition coefficient (Wildman–Crippen LogP) is 3.33. The molecule has 162 valence electrons. The van der Waals surface area contributed by atoms with Crippen LogP contribution in [0.15, 0.2) is 57.9 Å². The lowest BCUT2D eigenvalue weighted by Gasteiger charge is -2.15. The minimum atomic E-state index is -3.54. The summed E-state index contributed by atoms with van der Waals surface area (Å²) in [7, 11) is -3.54. The molecular formula is C21H19F2N3O4S. The number of hydrogen-bond acceptors (Lipinski definition) is 5. The Balaban J connectivity index is 1.40.